The van der Waals surface area contributed by atoms with Crippen molar-refractivity contribution >= 4 is 5.91 Å². The summed E-state index contributed by atoms with van der Waals surface area (Å²) >= 11 is 0. The van der Waals surface area contributed by atoms with Crippen molar-refractivity contribution < 1.29 is 4.79 Å². The van der Waals surface area contributed by atoms with E-state index in [2.05, 4.69) is 48.7 Å². The lowest BCUT2D eigenvalue weighted by Gasteiger charge is -2.28. The topological polar surface area (TPSA) is 41.1 Å². The van der Waals surface area contributed by atoms with Crippen LogP contribution in [0.1, 0.15) is 37.3 Å². The second kappa shape index (κ2) is 6.71. The maximum Gasteiger partial charge on any atom is 0.220 e. The fourth-order valence-corrected chi connectivity index (χ4v) is 2.69. The van der Waals surface area contributed by atoms with Gasteiger partial charge in [-0.2, -0.15) is 0 Å². The van der Waals surface area contributed by atoms with Gasteiger partial charge in [-0.25, -0.2) is 0 Å². The normalized spacial score (nSPS) is 23.1. The van der Waals surface area contributed by atoms with Gasteiger partial charge in [-0.05, 0) is 45.2 Å². The van der Waals surface area contributed by atoms with Crippen molar-refractivity contribution in [2.45, 2.75) is 51.6 Å². The number of nitrogens with one attached hydrogen (secondary N) is 2. The Labute approximate surface area is 115 Å². The third kappa shape index (κ3) is 4.67. The molecule has 0 aromatic heterocycles. The van der Waals surface area contributed by atoms with E-state index in [0.717, 1.165) is 25.8 Å². The Balaban J connectivity index is 1.75. The lowest BCUT2D eigenvalue weighted by molar-refractivity contribution is -0.122. The van der Waals surface area contributed by atoms with Gasteiger partial charge in [0, 0.05) is 18.5 Å². The first-order valence-corrected chi connectivity index (χ1v) is 7.22. The minimum Gasteiger partial charge on any atom is -0.353 e. The molecule has 0 aliphatic carbocycles. The minimum atomic E-state index is 0.181. The first-order valence-electron chi connectivity index (χ1n) is 7.22. The molecule has 1 aliphatic heterocycles. The van der Waals surface area contributed by atoms with Crippen molar-refractivity contribution in [3.63, 3.8) is 0 Å². The molecule has 0 bridgehead atoms. The van der Waals surface area contributed by atoms with Gasteiger partial charge in [-0.1, -0.05) is 29.8 Å². The molecule has 3 heteroatoms. The van der Waals surface area contributed by atoms with Crippen LogP contribution in [0.2, 0.25) is 0 Å². The molecule has 19 heavy (non-hydrogen) atoms. The molecular formula is C16H24N2O. The molecule has 2 unspecified atom stereocenters. The summed E-state index contributed by atoms with van der Waals surface area (Å²) in [6.07, 6.45) is 3.49. The van der Waals surface area contributed by atoms with Crippen LogP contribution in [0, 0.1) is 6.92 Å². The van der Waals surface area contributed by atoms with Gasteiger partial charge in [0.15, 0.2) is 0 Å². The predicted molar refractivity (Wildman–Crippen MR) is 78.1 cm³/mol. The molecule has 1 saturated heterocycles. The summed E-state index contributed by atoms with van der Waals surface area (Å²) in [5.41, 5.74) is 2.50. The van der Waals surface area contributed by atoms with Crippen molar-refractivity contribution in [3.05, 3.63) is 35.4 Å². The summed E-state index contributed by atoms with van der Waals surface area (Å²) in [4.78, 5) is 11.9. The minimum absolute atomic E-state index is 0.181. The maximum absolute atomic E-state index is 11.9. The van der Waals surface area contributed by atoms with E-state index in [1.54, 1.807) is 0 Å². The van der Waals surface area contributed by atoms with Crippen molar-refractivity contribution in [1.29, 1.82) is 0 Å². The fourth-order valence-electron chi connectivity index (χ4n) is 2.69. The van der Waals surface area contributed by atoms with Gasteiger partial charge >= 0.3 is 0 Å². The summed E-state index contributed by atoms with van der Waals surface area (Å²) in [5, 5.41) is 6.55. The quantitative estimate of drug-likeness (QED) is 0.871. The number of carbonyl (C=O) groups excluding carboxylic acids is 1. The number of carbonyl (C=O) groups is 1. The highest BCUT2D eigenvalue weighted by atomic mass is 16.1. The molecule has 1 aromatic rings. The summed E-state index contributed by atoms with van der Waals surface area (Å²) in [7, 11) is 0. The third-order valence-electron chi connectivity index (χ3n) is 3.71. The van der Waals surface area contributed by atoms with Crippen LogP contribution in [-0.2, 0) is 11.2 Å². The number of benzene rings is 1. The lowest BCUT2D eigenvalue weighted by Crippen LogP contribution is -2.46. The number of piperidine rings is 1. The van der Waals surface area contributed by atoms with Crippen LogP contribution in [-0.4, -0.2) is 24.5 Å². The summed E-state index contributed by atoms with van der Waals surface area (Å²) in [5.74, 6) is 0.181. The first kappa shape index (κ1) is 14.1. The van der Waals surface area contributed by atoms with Gasteiger partial charge < -0.3 is 10.6 Å². The average molecular weight is 260 g/mol. The molecule has 3 nitrogen and oxygen atoms in total. The predicted octanol–water partition coefficient (Wildman–Crippen LogP) is 2.18. The highest BCUT2D eigenvalue weighted by molar-refractivity contribution is 5.76. The van der Waals surface area contributed by atoms with Crippen LogP contribution in [0.5, 0.6) is 0 Å². The highest BCUT2D eigenvalue weighted by Gasteiger charge is 2.19. The van der Waals surface area contributed by atoms with E-state index < -0.39 is 0 Å². The third-order valence-corrected chi connectivity index (χ3v) is 3.71. The van der Waals surface area contributed by atoms with Crippen molar-refractivity contribution in [2.75, 3.05) is 6.54 Å². The van der Waals surface area contributed by atoms with E-state index in [9.17, 15) is 4.79 Å². The Kier molecular flexibility index (Phi) is 4.97. The van der Waals surface area contributed by atoms with Crippen LogP contribution in [0.4, 0.5) is 0 Å². The van der Waals surface area contributed by atoms with Gasteiger partial charge in [0.25, 0.3) is 0 Å². The molecule has 0 saturated carbocycles. The summed E-state index contributed by atoms with van der Waals surface area (Å²) < 4.78 is 0. The zero-order valence-electron chi connectivity index (χ0n) is 11.9. The number of hydrogen-bond acceptors (Lipinski definition) is 2. The summed E-state index contributed by atoms with van der Waals surface area (Å²) in [6.45, 7) is 5.26. The number of aryl methyl sites for hydroxylation is 2. The van der Waals surface area contributed by atoms with Gasteiger partial charge in [0.1, 0.15) is 0 Å². The Morgan fingerprint density at radius 2 is 2.32 bits per heavy atom. The van der Waals surface area contributed by atoms with Crippen LogP contribution in [0.15, 0.2) is 24.3 Å². The largest absolute Gasteiger partial charge is 0.353 e. The van der Waals surface area contributed by atoms with Crippen LogP contribution < -0.4 is 10.6 Å². The van der Waals surface area contributed by atoms with E-state index >= 15 is 0 Å². The molecule has 104 valence electrons. The zero-order chi connectivity index (χ0) is 13.7. The molecule has 2 atom stereocenters. The molecule has 1 heterocycles. The van der Waals surface area contributed by atoms with Crippen molar-refractivity contribution in [1.82, 2.24) is 10.6 Å². The van der Waals surface area contributed by atoms with E-state index in [-0.39, 0.29) is 5.91 Å². The highest BCUT2D eigenvalue weighted by Crippen LogP contribution is 2.10. The van der Waals surface area contributed by atoms with Crippen LogP contribution in [0.3, 0.4) is 0 Å². The number of rotatable bonds is 4. The molecule has 2 N–H and O–H groups in total. The van der Waals surface area contributed by atoms with E-state index in [4.69, 9.17) is 0 Å². The van der Waals surface area contributed by atoms with Crippen LogP contribution >= 0.6 is 0 Å². The standard InChI is InChI=1S/C16H24N2O/c1-12-4-3-5-14(10-12)6-7-16(19)18-15-8-9-17-13(2)11-15/h3-5,10,13,15,17H,6-9,11H2,1-2H3,(H,18,19). The van der Waals surface area contributed by atoms with Gasteiger partial charge in [0.05, 0.1) is 0 Å². The van der Waals surface area contributed by atoms with E-state index in [1.165, 1.54) is 11.1 Å². The Bertz CT molecular complexity index is 431. The zero-order valence-corrected chi connectivity index (χ0v) is 11.9. The Morgan fingerprint density at radius 1 is 1.47 bits per heavy atom. The smallest absolute Gasteiger partial charge is 0.220 e. The molecule has 1 aromatic carbocycles. The average Bonchev–Trinajstić information content (AvgIpc) is 2.36. The van der Waals surface area contributed by atoms with E-state index in [1.807, 2.05) is 0 Å². The molecule has 1 aliphatic rings. The second-order valence-electron chi connectivity index (χ2n) is 5.63. The molecule has 0 spiro atoms. The Morgan fingerprint density at radius 3 is 3.05 bits per heavy atom. The van der Waals surface area contributed by atoms with Gasteiger partial charge in [-0.15, -0.1) is 0 Å². The fraction of sp³-hybridized carbons (Fsp3) is 0.562. The maximum atomic E-state index is 11.9. The first-order chi connectivity index (χ1) is 9.13. The molecular weight excluding hydrogens is 236 g/mol. The number of hydrogen-bond donors (Lipinski definition) is 2. The van der Waals surface area contributed by atoms with E-state index in [0.29, 0.717) is 18.5 Å². The van der Waals surface area contributed by atoms with Gasteiger partial charge in [0.2, 0.25) is 5.91 Å². The molecule has 0 radical (unpaired) electrons. The Hall–Kier alpha value is -1.35. The van der Waals surface area contributed by atoms with Crippen LogP contribution in [0.25, 0.3) is 0 Å². The summed E-state index contributed by atoms with van der Waals surface area (Å²) in [6, 6.07) is 9.24. The molecule has 1 amide bonds. The lowest BCUT2D eigenvalue weighted by atomic mass is 10.00. The monoisotopic (exact) mass is 260 g/mol. The number of amides is 1. The SMILES string of the molecule is Cc1cccc(CCC(=O)NC2CCNC(C)C2)c1. The molecule has 1 fully saturated rings. The second-order valence-corrected chi connectivity index (χ2v) is 5.63. The van der Waals surface area contributed by atoms with Crippen molar-refractivity contribution in [2.24, 2.45) is 0 Å². The van der Waals surface area contributed by atoms with Gasteiger partial charge in [-0.3, -0.25) is 4.79 Å². The molecule has 2 rings (SSSR count). The van der Waals surface area contributed by atoms with Crippen molar-refractivity contribution in [3.8, 4) is 0 Å².